The molecule has 0 aromatic carbocycles. The topological polar surface area (TPSA) is 20.3 Å². The number of nitrogens with zero attached hydrogens (tertiary/aromatic N) is 1. The Labute approximate surface area is 78.1 Å². The van der Waals surface area contributed by atoms with Gasteiger partial charge in [0, 0.05) is 12.5 Å². The zero-order chi connectivity index (χ0) is 9.42. The number of carbonyl (C=O) groups excluding carboxylic acids is 1. The maximum absolute atomic E-state index is 13.3. The Morgan fingerprint density at radius 3 is 2.62 bits per heavy atom. The number of carbonyl (C=O) groups is 1. The molecule has 1 saturated heterocycles. The monoisotopic (exact) mass is 185 g/mol. The lowest BCUT2D eigenvalue weighted by molar-refractivity contribution is -0.135. The minimum atomic E-state index is -0.809. The third-order valence-electron chi connectivity index (χ3n) is 3.10. The molecule has 0 N–H and O–H groups in total. The van der Waals surface area contributed by atoms with Gasteiger partial charge in [-0.2, -0.15) is 0 Å². The van der Waals surface area contributed by atoms with Crippen molar-refractivity contribution in [1.82, 2.24) is 4.90 Å². The average molecular weight is 185 g/mol. The van der Waals surface area contributed by atoms with E-state index in [-0.39, 0.29) is 17.7 Å². The highest BCUT2D eigenvalue weighted by atomic mass is 19.1. The Kier molecular flexibility index (Phi) is 2.26. The van der Waals surface area contributed by atoms with Gasteiger partial charge in [-0.1, -0.05) is 6.92 Å². The summed E-state index contributed by atoms with van der Waals surface area (Å²) in [7, 11) is 0. The summed E-state index contributed by atoms with van der Waals surface area (Å²) in [5.74, 6) is 0.554. The van der Waals surface area contributed by atoms with Crippen LogP contribution in [-0.4, -0.2) is 30.1 Å². The second-order valence-electron chi connectivity index (χ2n) is 4.34. The lowest BCUT2D eigenvalue weighted by atomic mass is 9.97. The van der Waals surface area contributed by atoms with Gasteiger partial charge in [0.1, 0.15) is 6.17 Å². The number of amides is 1. The zero-order valence-electron chi connectivity index (χ0n) is 8.00. The third-order valence-corrected chi connectivity index (χ3v) is 3.10. The molecule has 0 spiro atoms. The molecular weight excluding hydrogens is 169 g/mol. The number of hydrogen-bond acceptors (Lipinski definition) is 1. The Bertz CT molecular complexity index is 215. The predicted octanol–water partition coefficient (Wildman–Crippen LogP) is 1.60. The second kappa shape index (κ2) is 3.28. The fourth-order valence-electron chi connectivity index (χ4n) is 1.81. The molecule has 0 aromatic heterocycles. The first kappa shape index (κ1) is 8.97. The second-order valence-corrected chi connectivity index (χ2v) is 4.34. The molecule has 1 amide bonds. The maximum Gasteiger partial charge on any atom is 0.225 e. The van der Waals surface area contributed by atoms with Crippen molar-refractivity contribution < 1.29 is 9.18 Å². The molecule has 1 heterocycles. The van der Waals surface area contributed by atoms with Crippen molar-refractivity contribution in [2.45, 2.75) is 32.4 Å². The first-order valence-electron chi connectivity index (χ1n) is 5.11. The van der Waals surface area contributed by atoms with Crippen LogP contribution in [-0.2, 0) is 4.79 Å². The third kappa shape index (κ3) is 1.84. The Hall–Kier alpha value is -0.600. The van der Waals surface area contributed by atoms with E-state index in [0.29, 0.717) is 6.54 Å². The van der Waals surface area contributed by atoms with Gasteiger partial charge in [-0.3, -0.25) is 4.79 Å². The number of piperidine rings is 1. The Balaban J connectivity index is 1.90. The van der Waals surface area contributed by atoms with Crippen LogP contribution in [0.2, 0.25) is 0 Å². The number of halogens is 1. The normalized spacial score (nSPS) is 34.8. The Morgan fingerprint density at radius 1 is 1.38 bits per heavy atom. The van der Waals surface area contributed by atoms with Gasteiger partial charge in [0.05, 0.1) is 6.54 Å². The molecular formula is C10H16FNO. The molecule has 1 saturated carbocycles. The van der Waals surface area contributed by atoms with Crippen LogP contribution in [0.4, 0.5) is 4.39 Å². The fourth-order valence-corrected chi connectivity index (χ4v) is 1.81. The van der Waals surface area contributed by atoms with Gasteiger partial charge in [0.15, 0.2) is 0 Å². The molecule has 74 valence electrons. The number of rotatable bonds is 1. The minimum Gasteiger partial charge on any atom is -0.340 e. The van der Waals surface area contributed by atoms with Gasteiger partial charge in [-0.15, -0.1) is 0 Å². The molecule has 2 rings (SSSR count). The summed E-state index contributed by atoms with van der Waals surface area (Å²) >= 11 is 0. The van der Waals surface area contributed by atoms with Crippen LogP contribution in [0, 0.1) is 11.8 Å². The van der Waals surface area contributed by atoms with E-state index in [0.717, 1.165) is 25.8 Å². The maximum atomic E-state index is 13.3. The number of alkyl halides is 1. The average Bonchev–Trinajstić information content (AvgIpc) is 2.91. The largest absolute Gasteiger partial charge is 0.340 e. The van der Waals surface area contributed by atoms with Gasteiger partial charge in [-0.25, -0.2) is 4.39 Å². The van der Waals surface area contributed by atoms with Crippen LogP contribution in [0.3, 0.4) is 0 Å². The molecule has 0 unspecified atom stereocenters. The van der Waals surface area contributed by atoms with Crippen molar-refractivity contribution in [1.29, 1.82) is 0 Å². The summed E-state index contributed by atoms with van der Waals surface area (Å²) in [6.07, 6.45) is 2.04. The summed E-state index contributed by atoms with van der Waals surface area (Å²) < 4.78 is 13.3. The van der Waals surface area contributed by atoms with Crippen LogP contribution >= 0.6 is 0 Å². The standard InChI is InChI=1S/C10H16FNO/c1-7-4-5-12(6-9(7)11)10(13)8-2-3-8/h7-9H,2-6H2,1H3/t7-,9+/m1/s1. The lowest BCUT2D eigenvalue weighted by Crippen LogP contribution is -2.44. The van der Waals surface area contributed by atoms with E-state index in [4.69, 9.17) is 0 Å². The SMILES string of the molecule is C[C@@H]1CCN(C(=O)C2CC2)C[C@@H]1F. The summed E-state index contributed by atoms with van der Waals surface area (Å²) in [4.78, 5) is 13.3. The van der Waals surface area contributed by atoms with Crippen LogP contribution in [0.1, 0.15) is 26.2 Å². The van der Waals surface area contributed by atoms with Crippen molar-refractivity contribution in [2.75, 3.05) is 13.1 Å². The highest BCUT2D eigenvalue weighted by Crippen LogP contribution is 2.32. The zero-order valence-corrected chi connectivity index (χ0v) is 8.00. The van der Waals surface area contributed by atoms with Crippen molar-refractivity contribution in [3.63, 3.8) is 0 Å². The quantitative estimate of drug-likeness (QED) is 0.607. The molecule has 0 bridgehead atoms. The van der Waals surface area contributed by atoms with Crippen molar-refractivity contribution >= 4 is 5.91 Å². The van der Waals surface area contributed by atoms with Crippen LogP contribution in [0.15, 0.2) is 0 Å². The first-order valence-corrected chi connectivity index (χ1v) is 5.11. The van der Waals surface area contributed by atoms with Crippen LogP contribution < -0.4 is 0 Å². The molecule has 1 aliphatic carbocycles. The van der Waals surface area contributed by atoms with Gasteiger partial charge < -0.3 is 4.90 Å². The highest BCUT2D eigenvalue weighted by Gasteiger charge is 2.36. The molecule has 0 radical (unpaired) electrons. The summed E-state index contributed by atoms with van der Waals surface area (Å²) in [6.45, 7) is 3.01. The van der Waals surface area contributed by atoms with Crippen LogP contribution in [0.25, 0.3) is 0 Å². The van der Waals surface area contributed by atoms with Crippen molar-refractivity contribution in [2.24, 2.45) is 11.8 Å². The summed E-state index contributed by atoms with van der Waals surface area (Å²) in [5, 5.41) is 0. The molecule has 0 aromatic rings. The van der Waals surface area contributed by atoms with E-state index in [1.807, 2.05) is 6.92 Å². The van der Waals surface area contributed by atoms with Gasteiger partial charge in [-0.05, 0) is 25.2 Å². The van der Waals surface area contributed by atoms with Gasteiger partial charge in [0.25, 0.3) is 0 Å². The lowest BCUT2D eigenvalue weighted by Gasteiger charge is -2.33. The van der Waals surface area contributed by atoms with E-state index in [1.165, 1.54) is 0 Å². The molecule has 1 aliphatic heterocycles. The summed E-state index contributed by atoms with van der Waals surface area (Å²) in [5.41, 5.74) is 0. The highest BCUT2D eigenvalue weighted by molar-refractivity contribution is 5.81. The van der Waals surface area contributed by atoms with E-state index in [9.17, 15) is 9.18 Å². The fraction of sp³-hybridized carbons (Fsp3) is 0.900. The van der Waals surface area contributed by atoms with E-state index < -0.39 is 6.17 Å². The molecule has 2 aliphatic rings. The number of likely N-dealkylation sites (tertiary alicyclic amines) is 1. The van der Waals surface area contributed by atoms with Crippen molar-refractivity contribution in [3.05, 3.63) is 0 Å². The molecule has 2 atom stereocenters. The summed E-state index contributed by atoms with van der Waals surface area (Å²) in [6, 6.07) is 0. The number of hydrogen-bond donors (Lipinski definition) is 0. The molecule has 13 heavy (non-hydrogen) atoms. The van der Waals surface area contributed by atoms with Crippen LogP contribution in [0.5, 0.6) is 0 Å². The molecule has 2 nitrogen and oxygen atoms in total. The molecule has 2 fully saturated rings. The minimum absolute atomic E-state index is 0.128. The first-order chi connectivity index (χ1) is 6.18. The van der Waals surface area contributed by atoms with Gasteiger partial charge >= 0.3 is 0 Å². The van der Waals surface area contributed by atoms with Gasteiger partial charge in [0.2, 0.25) is 5.91 Å². The van der Waals surface area contributed by atoms with E-state index >= 15 is 0 Å². The van der Waals surface area contributed by atoms with E-state index in [1.54, 1.807) is 4.90 Å². The van der Waals surface area contributed by atoms with Crippen molar-refractivity contribution in [3.8, 4) is 0 Å². The Morgan fingerprint density at radius 2 is 2.08 bits per heavy atom. The smallest absolute Gasteiger partial charge is 0.225 e. The van der Waals surface area contributed by atoms with E-state index in [2.05, 4.69) is 0 Å². The molecule has 3 heteroatoms. The predicted molar refractivity (Wildman–Crippen MR) is 48.0 cm³/mol.